The van der Waals surface area contributed by atoms with Crippen LogP contribution in [0.5, 0.6) is 0 Å². The van der Waals surface area contributed by atoms with Crippen molar-refractivity contribution in [3.05, 3.63) is 16.6 Å². The Balaban J connectivity index is 1.79. The molecule has 2 atom stereocenters. The molecule has 2 N–H and O–H groups in total. The van der Waals surface area contributed by atoms with Crippen LogP contribution in [0.2, 0.25) is 0 Å². The molecule has 1 amide bonds. The summed E-state index contributed by atoms with van der Waals surface area (Å²) in [6.07, 6.45) is 3.90. The molecule has 2 unspecified atom stereocenters. The van der Waals surface area contributed by atoms with Crippen LogP contribution in [-0.4, -0.2) is 23.5 Å². The fourth-order valence-electron chi connectivity index (χ4n) is 1.93. The molecule has 0 aromatic carbocycles. The smallest absolute Gasteiger partial charge is 0.237 e. The van der Waals surface area contributed by atoms with Gasteiger partial charge in [-0.1, -0.05) is 6.92 Å². The van der Waals surface area contributed by atoms with Gasteiger partial charge in [-0.3, -0.25) is 9.78 Å². The average Bonchev–Trinajstić information content (AvgIpc) is 2.78. The fraction of sp³-hybridized carbons (Fsp3) is 0.636. The summed E-state index contributed by atoms with van der Waals surface area (Å²) in [6.45, 7) is 3.74. The molecule has 1 fully saturated rings. The number of carbonyl (C=O) groups excluding carboxylic acids is 1. The summed E-state index contributed by atoms with van der Waals surface area (Å²) in [7, 11) is 0. The standard InChI is InChI=1S/C11H17N3OS/c1-8-2-3-13-10(4-8)11(15)14-6-9-5-12-7-16-9/h5,7-8,10,13H,2-4,6H2,1H3,(H,14,15). The molecule has 2 heterocycles. The zero-order valence-electron chi connectivity index (χ0n) is 9.40. The van der Waals surface area contributed by atoms with Crippen molar-refractivity contribution in [1.82, 2.24) is 15.6 Å². The first-order valence-electron chi connectivity index (χ1n) is 5.64. The molecule has 1 aromatic heterocycles. The number of thiazole rings is 1. The Morgan fingerprint density at radius 2 is 2.62 bits per heavy atom. The molecule has 16 heavy (non-hydrogen) atoms. The van der Waals surface area contributed by atoms with Gasteiger partial charge in [-0.05, 0) is 25.3 Å². The summed E-state index contributed by atoms with van der Waals surface area (Å²) in [6, 6.07) is -0.0170. The maximum absolute atomic E-state index is 11.8. The summed E-state index contributed by atoms with van der Waals surface area (Å²) in [5.41, 5.74) is 1.78. The van der Waals surface area contributed by atoms with Crippen LogP contribution >= 0.6 is 11.3 Å². The van der Waals surface area contributed by atoms with Gasteiger partial charge in [0.15, 0.2) is 0 Å². The van der Waals surface area contributed by atoms with Gasteiger partial charge in [-0.2, -0.15) is 0 Å². The van der Waals surface area contributed by atoms with Gasteiger partial charge in [0.05, 0.1) is 18.1 Å². The lowest BCUT2D eigenvalue weighted by Crippen LogP contribution is -2.48. The van der Waals surface area contributed by atoms with Crippen molar-refractivity contribution in [3.8, 4) is 0 Å². The Morgan fingerprint density at radius 1 is 1.75 bits per heavy atom. The summed E-state index contributed by atoms with van der Waals surface area (Å²) in [4.78, 5) is 16.9. The molecule has 0 radical (unpaired) electrons. The highest BCUT2D eigenvalue weighted by atomic mass is 32.1. The summed E-state index contributed by atoms with van der Waals surface area (Å²) < 4.78 is 0. The van der Waals surface area contributed by atoms with E-state index in [2.05, 4.69) is 22.5 Å². The van der Waals surface area contributed by atoms with Crippen LogP contribution in [0.25, 0.3) is 0 Å². The predicted molar refractivity (Wildman–Crippen MR) is 64.1 cm³/mol. The lowest BCUT2D eigenvalue weighted by atomic mass is 9.94. The molecule has 0 bridgehead atoms. The highest BCUT2D eigenvalue weighted by molar-refractivity contribution is 7.09. The third-order valence-electron chi connectivity index (χ3n) is 2.90. The van der Waals surface area contributed by atoms with Crippen molar-refractivity contribution >= 4 is 17.2 Å². The second-order valence-electron chi connectivity index (χ2n) is 4.32. The Bertz CT molecular complexity index is 339. The lowest BCUT2D eigenvalue weighted by Gasteiger charge is -2.27. The van der Waals surface area contributed by atoms with Crippen LogP contribution in [0.3, 0.4) is 0 Å². The molecule has 5 heteroatoms. The summed E-state index contributed by atoms with van der Waals surface area (Å²) in [5, 5.41) is 6.20. The van der Waals surface area contributed by atoms with E-state index in [1.54, 1.807) is 23.0 Å². The van der Waals surface area contributed by atoms with E-state index in [-0.39, 0.29) is 11.9 Å². The number of hydrogen-bond donors (Lipinski definition) is 2. The molecule has 1 aliphatic rings. The zero-order chi connectivity index (χ0) is 11.4. The average molecular weight is 239 g/mol. The maximum atomic E-state index is 11.8. The first kappa shape index (κ1) is 11.5. The number of carbonyl (C=O) groups is 1. The monoisotopic (exact) mass is 239 g/mol. The largest absolute Gasteiger partial charge is 0.350 e. The van der Waals surface area contributed by atoms with Crippen LogP contribution in [0.1, 0.15) is 24.6 Å². The van der Waals surface area contributed by atoms with E-state index in [4.69, 9.17) is 0 Å². The van der Waals surface area contributed by atoms with E-state index in [1.807, 2.05) is 0 Å². The van der Waals surface area contributed by atoms with Crippen molar-refractivity contribution in [2.45, 2.75) is 32.4 Å². The third kappa shape index (κ3) is 3.02. The van der Waals surface area contributed by atoms with E-state index in [0.29, 0.717) is 12.5 Å². The maximum Gasteiger partial charge on any atom is 0.237 e. The quantitative estimate of drug-likeness (QED) is 0.832. The van der Waals surface area contributed by atoms with Gasteiger partial charge in [0.2, 0.25) is 5.91 Å². The van der Waals surface area contributed by atoms with Crippen molar-refractivity contribution in [2.24, 2.45) is 5.92 Å². The van der Waals surface area contributed by atoms with Crippen LogP contribution in [0.15, 0.2) is 11.7 Å². The molecule has 0 aliphatic carbocycles. The van der Waals surface area contributed by atoms with Crippen molar-refractivity contribution < 1.29 is 4.79 Å². The zero-order valence-corrected chi connectivity index (χ0v) is 10.2. The van der Waals surface area contributed by atoms with E-state index < -0.39 is 0 Å². The van der Waals surface area contributed by atoms with Gasteiger partial charge in [-0.25, -0.2) is 0 Å². The van der Waals surface area contributed by atoms with Crippen molar-refractivity contribution in [3.63, 3.8) is 0 Å². The van der Waals surface area contributed by atoms with Crippen LogP contribution < -0.4 is 10.6 Å². The number of rotatable bonds is 3. The number of hydrogen-bond acceptors (Lipinski definition) is 4. The molecular formula is C11H17N3OS. The second-order valence-corrected chi connectivity index (χ2v) is 5.29. The molecule has 4 nitrogen and oxygen atoms in total. The van der Waals surface area contributed by atoms with Gasteiger partial charge in [-0.15, -0.1) is 11.3 Å². The van der Waals surface area contributed by atoms with E-state index in [9.17, 15) is 4.79 Å². The van der Waals surface area contributed by atoms with Gasteiger partial charge < -0.3 is 10.6 Å². The minimum absolute atomic E-state index is 0.0170. The van der Waals surface area contributed by atoms with Crippen LogP contribution in [-0.2, 0) is 11.3 Å². The van der Waals surface area contributed by atoms with Crippen LogP contribution in [0, 0.1) is 5.92 Å². The summed E-state index contributed by atoms with van der Waals surface area (Å²) in [5.74, 6) is 0.750. The van der Waals surface area contributed by atoms with E-state index in [0.717, 1.165) is 17.8 Å². The van der Waals surface area contributed by atoms with Gasteiger partial charge in [0.25, 0.3) is 0 Å². The molecule has 1 aromatic rings. The Hall–Kier alpha value is -0.940. The first-order chi connectivity index (χ1) is 7.75. The normalized spacial score (nSPS) is 25.3. The van der Waals surface area contributed by atoms with Crippen molar-refractivity contribution in [1.29, 1.82) is 0 Å². The highest BCUT2D eigenvalue weighted by Gasteiger charge is 2.24. The molecule has 1 saturated heterocycles. The van der Waals surface area contributed by atoms with Gasteiger partial charge >= 0.3 is 0 Å². The van der Waals surface area contributed by atoms with Gasteiger partial charge in [0.1, 0.15) is 0 Å². The minimum Gasteiger partial charge on any atom is -0.350 e. The van der Waals surface area contributed by atoms with Crippen LogP contribution in [0.4, 0.5) is 0 Å². The highest BCUT2D eigenvalue weighted by Crippen LogP contribution is 2.15. The van der Waals surface area contributed by atoms with E-state index >= 15 is 0 Å². The molecule has 1 aliphatic heterocycles. The topological polar surface area (TPSA) is 54.0 Å². The van der Waals surface area contributed by atoms with Crippen molar-refractivity contribution in [2.75, 3.05) is 6.54 Å². The number of nitrogens with one attached hydrogen (secondary N) is 2. The van der Waals surface area contributed by atoms with Gasteiger partial charge in [0, 0.05) is 11.1 Å². The Kier molecular flexibility index (Phi) is 3.90. The molecule has 0 spiro atoms. The number of amides is 1. The Morgan fingerprint density at radius 3 is 3.31 bits per heavy atom. The minimum atomic E-state index is -0.0170. The molecular weight excluding hydrogens is 222 g/mol. The Labute approximate surface area is 99.5 Å². The number of piperidine rings is 1. The lowest BCUT2D eigenvalue weighted by molar-refractivity contribution is -0.124. The molecule has 88 valence electrons. The van der Waals surface area contributed by atoms with E-state index in [1.165, 1.54) is 6.42 Å². The second kappa shape index (κ2) is 5.41. The molecule has 0 saturated carbocycles. The number of nitrogens with zero attached hydrogens (tertiary/aromatic N) is 1. The molecule has 2 rings (SSSR count). The SMILES string of the molecule is CC1CCNC(C(=O)NCc2cncs2)C1. The number of aromatic nitrogens is 1. The summed E-state index contributed by atoms with van der Waals surface area (Å²) >= 11 is 1.57. The predicted octanol–water partition coefficient (Wildman–Crippen LogP) is 1.15. The fourth-order valence-corrected chi connectivity index (χ4v) is 2.47. The third-order valence-corrected chi connectivity index (χ3v) is 3.68. The first-order valence-corrected chi connectivity index (χ1v) is 6.52.